The largest absolute Gasteiger partial charge is 0.492 e. The Morgan fingerprint density at radius 2 is 2.00 bits per heavy atom. The Hall–Kier alpha value is -1.49. The van der Waals surface area contributed by atoms with Gasteiger partial charge in [-0.05, 0) is 31.4 Å². The Morgan fingerprint density at radius 3 is 2.62 bits per heavy atom. The van der Waals surface area contributed by atoms with Crippen molar-refractivity contribution >= 4 is 0 Å². The molecule has 16 heavy (non-hydrogen) atoms. The van der Waals surface area contributed by atoms with Crippen molar-refractivity contribution in [1.29, 1.82) is 5.26 Å². The third-order valence-electron chi connectivity index (χ3n) is 3.40. The van der Waals surface area contributed by atoms with Gasteiger partial charge in [0.25, 0.3) is 0 Å². The molecule has 2 nitrogen and oxygen atoms in total. The third kappa shape index (κ3) is 2.19. The Bertz CT molecular complexity index is 399. The fourth-order valence-corrected chi connectivity index (χ4v) is 2.27. The Kier molecular flexibility index (Phi) is 3.14. The molecule has 1 aliphatic rings. The van der Waals surface area contributed by atoms with Gasteiger partial charge >= 0.3 is 0 Å². The molecule has 0 atom stereocenters. The standard InChI is InChI=1S/C14H17NO/c1-12-6-2-3-7-13(12)16-11-14(10-15)8-4-5-9-14/h2-3,6-7H,4-5,8-9,11H2,1H3. The van der Waals surface area contributed by atoms with Gasteiger partial charge in [0.15, 0.2) is 0 Å². The maximum absolute atomic E-state index is 9.23. The van der Waals surface area contributed by atoms with Gasteiger partial charge in [-0.3, -0.25) is 0 Å². The molecule has 2 heteroatoms. The topological polar surface area (TPSA) is 33.0 Å². The minimum atomic E-state index is -0.234. The van der Waals surface area contributed by atoms with Crippen LogP contribution in [0.3, 0.4) is 0 Å². The summed E-state index contributed by atoms with van der Waals surface area (Å²) in [5.41, 5.74) is 0.899. The first-order valence-electron chi connectivity index (χ1n) is 5.85. The number of nitriles is 1. The molecule has 1 saturated carbocycles. The van der Waals surface area contributed by atoms with Gasteiger partial charge in [-0.1, -0.05) is 31.0 Å². The second-order valence-electron chi connectivity index (χ2n) is 4.65. The van der Waals surface area contributed by atoms with E-state index in [1.807, 2.05) is 31.2 Å². The van der Waals surface area contributed by atoms with Crippen LogP contribution in [-0.2, 0) is 0 Å². The van der Waals surface area contributed by atoms with E-state index in [0.29, 0.717) is 6.61 Å². The van der Waals surface area contributed by atoms with Crippen LogP contribution < -0.4 is 4.74 Å². The minimum absolute atomic E-state index is 0.234. The summed E-state index contributed by atoms with van der Waals surface area (Å²) in [5.74, 6) is 0.907. The molecule has 0 saturated heterocycles. The monoisotopic (exact) mass is 215 g/mol. The summed E-state index contributed by atoms with van der Waals surface area (Å²) in [4.78, 5) is 0. The van der Waals surface area contributed by atoms with E-state index >= 15 is 0 Å². The van der Waals surface area contributed by atoms with E-state index in [-0.39, 0.29) is 5.41 Å². The first-order valence-corrected chi connectivity index (χ1v) is 5.85. The van der Waals surface area contributed by atoms with E-state index in [1.165, 1.54) is 0 Å². The average Bonchev–Trinajstić information content (AvgIpc) is 2.78. The lowest BCUT2D eigenvalue weighted by Crippen LogP contribution is -2.23. The van der Waals surface area contributed by atoms with E-state index in [1.54, 1.807) is 0 Å². The Balaban J connectivity index is 2.02. The molecule has 1 aromatic rings. The molecule has 1 aromatic carbocycles. The highest BCUT2D eigenvalue weighted by molar-refractivity contribution is 5.31. The number of rotatable bonds is 3. The molecule has 0 radical (unpaired) electrons. The van der Waals surface area contributed by atoms with Crippen molar-refractivity contribution in [1.82, 2.24) is 0 Å². The lowest BCUT2D eigenvalue weighted by molar-refractivity contribution is 0.200. The van der Waals surface area contributed by atoms with Crippen LogP contribution >= 0.6 is 0 Å². The van der Waals surface area contributed by atoms with Crippen LogP contribution in [0.15, 0.2) is 24.3 Å². The fourth-order valence-electron chi connectivity index (χ4n) is 2.27. The predicted octanol–water partition coefficient (Wildman–Crippen LogP) is 3.46. The van der Waals surface area contributed by atoms with Crippen molar-refractivity contribution in [3.63, 3.8) is 0 Å². The fraction of sp³-hybridized carbons (Fsp3) is 0.500. The van der Waals surface area contributed by atoms with E-state index in [4.69, 9.17) is 4.74 Å². The summed E-state index contributed by atoms with van der Waals surface area (Å²) in [6.07, 6.45) is 4.28. The number of para-hydroxylation sites is 1. The van der Waals surface area contributed by atoms with Gasteiger partial charge in [-0.25, -0.2) is 0 Å². The summed E-state index contributed by atoms with van der Waals surface area (Å²) in [5, 5.41) is 9.23. The summed E-state index contributed by atoms with van der Waals surface area (Å²) < 4.78 is 5.79. The molecule has 0 unspecified atom stereocenters. The molecule has 0 aromatic heterocycles. The molecule has 0 amide bonds. The second kappa shape index (κ2) is 4.57. The molecular weight excluding hydrogens is 198 g/mol. The SMILES string of the molecule is Cc1ccccc1OCC1(C#N)CCCC1. The van der Waals surface area contributed by atoms with Gasteiger partial charge in [0.1, 0.15) is 12.4 Å². The van der Waals surface area contributed by atoms with Crippen LogP contribution in [0.1, 0.15) is 31.2 Å². The quantitative estimate of drug-likeness (QED) is 0.773. The normalized spacial score (nSPS) is 18.0. The third-order valence-corrected chi connectivity index (χ3v) is 3.40. The molecule has 84 valence electrons. The number of aryl methyl sites for hydroxylation is 1. The number of hydrogen-bond donors (Lipinski definition) is 0. The molecule has 2 rings (SSSR count). The second-order valence-corrected chi connectivity index (χ2v) is 4.65. The number of ether oxygens (including phenoxy) is 1. The molecule has 0 heterocycles. The van der Waals surface area contributed by atoms with Crippen molar-refractivity contribution in [3.8, 4) is 11.8 Å². The van der Waals surface area contributed by atoms with Gasteiger partial charge in [-0.15, -0.1) is 0 Å². The maximum Gasteiger partial charge on any atom is 0.122 e. The molecule has 0 aliphatic heterocycles. The van der Waals surface area contributed by atoms with E-state index in [2.05, 4.69) is 6.07 Å². The van der Waals surface area contributed by atoms with Crippen molar-refractivity contribution in [2.45, 2.75) is 32.6 Å². The predicted molar refractivity (Wildman–Crippen MR) is 63.2 cm³/mol. The smallest absolute Gasteiger partial charge is 0.122 e. The van der Waals surface area contributed by atoms with E-state index < -0.39 is 0 Å². The lowest BCUT2D eigenvalue weighted by atomic mass is 9.89. The van der Waals surface area contributed by atoms with Crippen LogP contribution in [0.4, 0.5) is 0 Å². The first kappa shape index (κ1) is 11.0. The highest BCUT2D eigenvalue weighted by Crippen LogP contribution is 2.38. The molecule has 1 fully saturated rings. The van der Waals surface area contributed by atoms with Crippen LogP contribution in [-0.4, -0.2) is 6.61 Å². The van der Waals surface area contributed by atoms with E-state index in [0.717, 1.165) is 37.0 Å². The van der Waals surface area contributed by atoms with Gasteiger partial charge in [-0.2, -0.15) is 5.26 Å². The Labute approximate surface area is 96.9 Å². The summed E-state index contributed by atoms with van der Waals surface area (Å²) >= 11 is 0. The number of benzene rings is 1. The molecule has 0 spiro atoms. The summed E-state index contributed by atoms with van der Waals surface area (Å²) in [6.45, 7) is 2.57. The van der Waals surface area contributed by atoms with Gasteiger partial charge < -0.3 is 4.74 Å². The van der Waals surface area contributed by atoms with Crippen molar-refractivity contribution in [3.05, 3.63) is 29.8 Å². The highest BCUT2D eigenvalue weighted by atomic mass is 16.5. The average molecular weight is 215 g/mol. The number of nitrogens with zero attached hydrogens (tertiary/aromatic N) is 1. The summed E-state index contributed by atoms with van der Waals surface area (Å²) in [7, 11) is 0. The van der Waals surface area contributed by atoms with Gasteiger partial charge in [0.2, 0.25) is 0 Å². The Morgan fingerprint density at radius 1 is 1.31 bits per heavy atom. The molecule has 0 N–H and O–H groups in total. The first-order chi connectivity index (χ1) is 7.76. The van der Waals surface area contributed by atoms with Crippen LogP contribution in [0.5, 0.6) is 5.75 Å². The molecule has 0 bridgehead atoms. The highest BCUT2D eigenvalue weighted by Gasteiger charge is 2.34. The zero-order chi connectivity index (χ0) is 11.4. The van der Waals surface area contributed by atoms with Crippen molar-refractivity contribution < 1.29 is 4.74 Å². The van der Waals surface area contributed by atoms with Crippen LogP contribution in [0.2, 0.25) is 0 Å². The van der Waals surface area contributed by atoms with Crippen molar-refractivity contribution in [2.75, 3.05) is 6.61 Å². The number of hydrogen-bond acceptors (Lipinski definition) is 2. The van der Waals surface area contributed by atoms with Gasteiger partial charge in [0, 0.05) is 0 Å². The summed E-state index contributed by atoms with van der Waals surface area (Å²) in [6, 6.07) is 10.4. The maximum atomic E-state index is 9.23. The van der Waals surface area contributed by atoms with Crippen molar-refractivity contribution in [2.24, 2.45) is 5.41 Å². The van der Waals surface area contributed by atoms with E-state index in [9.17, 15) is 5.26 Å². The van der Waals surface area contributed by atoms with Crippen LogP contribution in [0.25, 0.3) is 0 Å². The zero-order valence-electron chi connectivity index (χ0n) is 9.70. The lowest BCUT2D eigenvalue weighted by Gasteiger charge is -2.21. The molecular formula is C14H17NO. The zero-order valence-corrected chi connectivity index (χ0v) is 9.70. The molecule has 1 aliphatic carbocycles. The van der Waals surface area contributed by atoms with Gasteiger partial charge in [0.05, 0.1) is 11.5 Å². The van der Waals surface area contributed by atoms with Crippen LogP contribution in [0, 0.1) is 23.7 Å². The minimum Gasteiger partial charge on any atom is -0.492 e.